The molecule has 5 atom stereocenters. The Kier molecular flexibility index (Phi) is 8.13. The van der Waals surface area contributed by atoms with Crippen molar-refractivity contribution in [3.05, 3.63) is 34.3 Å². The number of aromatic nitrogens is 1. The zero-order valence-corrected chi connectivity index (χ0v) is 19.2. The van der Waals surface area contributed by atoms with Crippen molar-refractivity contribution in [2.75, 3.05) is 0 Å². The van der Waals surface area contributed by atoms with E-state index in [9.17, 15) is 19.8 Å². The largest absolute Gasteiger partial charge is 0.457 e. The molecule has 1 aliphatic carbocycles. The number of ketones is 1. The van der Waals surface area contributed by atoms with Gasteiger partial charge in [-0.25, -0.2) is 4.98 Å². The highest BCUT2D eigenvalue weighted by Gasteiger charge is 2.51. The highest BCUT2D eigenvalue weighted by molar-refractivity contribution is 7.09. The molecule has 0 amide bonds. The SMILES string of the molecule is C=CCC(OC(=O)[C@@H]1C[C@@H](C[C@H](C)O)C(=O)C(C)(C)[C@@H]1O)/C(C)=C/c1csc(C)n1. The minimum absolute atomic E-state index is 0.127. The van der Waals surface area contributed by atoms with Gasteiger partial charge in [-0.15, -0.1) is 17.9 Å². The number of aryl methyl sites for hydroxylation is 1. The topological polar surface area (TPSA) is 96.7 Å². The minimum atomic E-state index is -1.14. The summed E-state index contributed by atoms with van der Waals surface area (Å²) in [5.41, 5.74) is 0.551. The molecule has 1 aromatic heterocycles. The van der Waals surface area contributed by atoms with Crippen LogP contribution in [0, 0.1) is 24.2 Å². The van der Waals surface area contributed by atoms with Crippen LogP contribution in [0.2, 0.25) is 0 Å². The molecule has 1 aromatic rings. The van der Waals surface area contributed by atoms with Crippen molar-refractivity contribution in [1.82, 2.24) is 4.98 Å². The highest BCUT2D eigenvalue weighted by Crippen LogP contribution is 2.42. The molecule has 0 radical (unpaired) electrons. The molecule has 166 valence electrons. The van der Waals surface area contributed by atoms with Crippen LogP contribution in [0.1, 0.15) is 57.7 Å². The first-order valence-corrected chi connectivity index (χ1v) is 11.2. The van der Waals surface area contributed by atoms with E-state index in [1.807, 2.05) is 25.3 Å². The second-order valence-electron chi connectivity index (χ2n) is 8.78. The number of aliphatic hydroxyl groups excluding tert-OH is 2. The van der Waals surface area contributed by atoms with Gasteiger partial charge in [-0.1, -0.05) is 19.9 Å². The van der Waals surface area contributed by atoms with Gasteiger partial charge in [-0.2, -0.15) is 0 Å². The second-order valence-corrected chi connectivity index (χ2v) is 9.85. The fraction of sp³-hybridized carbons (Fsp3) is 0.609. The number of esters is 1. The Bertz CT molecular complexity index is 810. The van der Waals surface area contributed by atoms with E-state index in [2.05, 4.69) is 11.6 Å². The zero-order valence-electron chi connectivity index (χ0n) is 18.4. The van der Waals surface area contributed by atoms with Gasteiger partial charge in [-0.05, 0) is 45.3 Å². The number of Topliss-reactive ketones (excluding diaryl/α,β-unsaturated/α-hetero) is 1. The first-order chi connectivity index (χ1) is 14.0. The van der Waals surface area contributed by atoms with Crippen molar-refractivity contribution in [1.29, 1.82) is 0 Å². The number of carbonyl (C=O) groups is 2. The first-order valence-electron chi connectivity index (χ1n) is 10.3. The molecule has 7 heteroatoms. The summed E-state index contributed by atoms with van der Waals surface area (Å²) < 4.78 is 5.79. The molecular formula is C23H33NO5S. The van der Waals surface area contributed by atoms with Crippen LogP contribution in [-0.2, 0) is 14.3 Å². The number of thiazole rings is 1. The summed E-state index contributed by atoms with van der Waals surface area (Å²) >= 11 is 1.54. The third-order valence-corrected chi connectivity index (χ3v) is 6.54. The maximum Gasteiger partial charge on any atom is 0.312 e. The lowest BCUT2D eigenvalue weighted by Crippen LogP contribution is -2.53. The summed E-state index contributed by atoms with van der Waals surface area (Å²) in [5.74, 6) is -1.98. The highest BCUT2D eigenvalue weighted by atomic mass is 32.1. The zero-order chi connectivity index (χ0) is 22.6. The van der Waals surface area contributed by atoms with Crippen LogP contribution in [0.5, 0.6) is 0 Å². The van der Waals surface area contributed by atoms with E-state index in [0.717, 1.165) is 16.3 Å². The average Bonchev–Trinajstić information content (AvgIpc) is 3.06. The summed E-state index contributed by atoms with van der Waals surface area (Å²) in [6.07, 6.45) is 2.09. The Morgan fingerprint density at radius 3 is 2.70 bits per heavy atom. The number of hydrogen-bond donors (Lipinski definition) is 2. The van der Waals surface area contributed by atoms with Crippen molar-refractivity contribution >= 4 is 29.2 Å². The maximum absolute atomic E-state index is 13.0. The Morgan fingerprint density at radius 1 is 1.50 bits per heavy atom. The summed E-state index contributed by atoms with van der Waals surface area (Å²) in [6.45, 7) is 12.5. The van der Waals surface area contributed by atoms with Gasteiger partial charge in [0.25, 0.3) is 0 Å². The van der Waals surface area contributed by atoms with E-state index in [-0.39, 0.29) is 18.6 Å². The average molecular weight is 436 g/mol. The van der Waals surface area contributed by atoms with Gasteiger partial charge < -0.3 is 14.9 Å². The lowest BCUT2D eigenvalue weighted by Gasteiger charge is -2.42. The number of rotatable bonds is 8. The molecule has 30 heavy (non-hydrogen) atoms. The molecule has 0 spiro atoms. The maximum atomic E-state index is 13.0. The molecule has 0 bridgehead atoms. The lowest BCUT2D eigenvalue weighted by molar-refractivity contribution is -0.169. The molecule has 1 saturated carbocycles. The van der Waals surface area contributed by atoms with Crippen molar-refractivity contribution in [2.24, 2.45) is 17.3 Å². The molecule has 6 nitrogen and oxygen atoms in total. The monoisotopic (exact) mass is 435 g/mol. The molecule has 0 aliphatic heterocycles. The fourth-order valence-electron chi connectivity index (χ4n) is 4.04. The molecule has 2 N–H and O–H groups in total. The first kappa shape index (κ1) is 24.4. The van der Waals surface area contributed by atoms with Crippen LogP contribution in [0.3, 0.4) is 0 Å². The van der Waals surface area contributed by atoms with Gasteiger partial charge >= 0.3 is 5.97 Å². The Hall–Kier alpha value is -1.83. The standard InChI is InChI=1S/C23H33NO5S/c1-7-8-19(13(2)9-17-12-30-15(4)24-17)29-22(28)18-11-16(10-14(3)25)20(26)23(5,6)21(18)27/h7,9,12,14,16,18-19,21,25,27H,1,8,10-11H2,2-6H3/b13-9+/t14-,16+,18+,19?,21+/m0/s1. The van der Waals surface area contributed by atoms with E-state index in [1.54, 1.807) is 38.2 Å². The molecule has 0 aromatic carbocycles. The van der Waals surface area contributed by atoms with Crippen LogP contribution in [-0.4, -0.2) is 45.3 Å². The number of aliphatic hydroxyl groups is 2. The normalized spacial score (nSPS) is 26.2. The predicted molar refractivity (Wildman–Crippen MR) is 118 cm³/mol. The van der Waals surface area contributed by atoms with Crippen molar-refractivity contribution < 1.29 is 24.5 Å². The molecule has 1 unspecified atom stereocenters. The van der Waals surface area contributed by atoms with Crippen molar-refractivity contribution in [2.45, 2.75) is 72.2 Å². The summed E-state index contributed by atoms with van der Waals surface area (Å²) in [5, 5.41) is 23.4. The van der Waals surface area contributed by atoms with E-state index >= 15 is 0 Å². The molecular weight excluding hydrogens is 402 g/mol. The van der Waals surface area contributed by atoms with Crippen LogP contribution in [0.15, 0.2) is 23.6 Å². The molecule has 0 saturated heterocycles. The minimum Gasteiger partial charge on any atom is -0.457 e. The third-order valence-electron chi connectivity index (χ3n) is 5.75. The Balaban J connectivity index is 2.21. The van der Waals surface area contributed by atoms with Crippen LogP contribution >= 0.6 is 11.3 Å². The summed E-state index contributed by atoms with van der Waals surface area (Å²) in [7, 11) is 0. The van der Waals surface area contributed by atoms with Gasteiger partial charge in [0.2, 0.25) is 0 Å². The Morgan fingerprint density at radius 2 is 2.17 bits per heavy atom. The van der Waals surface area contributed by atoms with E-state index in [0.29, 0.717) is 6.42 Å². The van der Waals surface area contributed by atoms with Gasteiger partial charge in [0.05, 0.1) is 34.2 Å². The van der Waals surface area contributed by atoms with Crippen LogP contribution < -0.4 is 0 Å². The van der Waals surface area contributed by atoms with Gasteiger partial charge in [0.1, 0.15) is 11.9 Å². The van der Waals surface area contributed by atoms with Crippen molar-refractivity contribution in [3.63, 3.8) is 0 Å². The van der Waals surface area contributed by atoms with E-state index < -0.39 is 41.5 Å². The number of carbonyl (C=O) groups excluding carboxylic acids is 2. The van der Waals surface area contributed by atoms with E-state index in [1.165, 1.54) is 0 Å². The number of hydrogen-bond acceptors (Lipinski definition) is 7. The predicted octanol–water partition coefficient (Wildman–Crippen LogP) is 3.71. The third kappa shape index (κ3) is 5.65. The second kappa shape index (κ2) is 9.98. The van der Waals surface area contributed by atoms with Gasteiger partial charge in [0.15, 0.2) is 0 Å². The Labute approximate surface area is 182 Å². The molecule has 1 fully saturated rings. The molecule has 2 rings (SSSR count). The van der Waals surface area contributed by atoms with Crippen LogP contribution in [0.25, 0.3) is 6.08 Å². The van der Waals surface area contributed by atoms with Crippen LogP contribution in [0.4, 0.5) is 0 Å². The van der Waals surface area contributed by atoms with Gasteiger partial charge in [0, 0.05) is 17.7 Å². The molecule has 1 heterocycles. The quantitative estimate of drug-likeness (QED) is 0.477. The summed E-state index contributed by atoms with van der Waals surface area (Å²) in [4.78, 5) is 30.2. The lowest BCUT2D eigenvalue weighted by atomic mass is 9.63. The van der Waals surface area contributed by atoms with Crippen molar-refractivity contribution in [3.8, 4) is 0 Å². The summed E-state index contributed by atoms with van der Waals surface area (Å²) in [6, 6.07) is 0. The number of nitrogens with zero attached hydrogens (tertiary/aromatic N) is 1. The number of ether oxygens (including phenoxy) is 1. The van der Waals surface area contributed by atoms with Gasteiger partial charge in [-0.3, -0.25) is 9.59 Å². The molecule has 1 aliphatic rings. The van der Waals surface area contributed by atoms with E-state index in [4.69, 9.17) is 4.74 Å². The smallest absolute Gasteiger partial charge is 0.312 e. The fourth-order valence-corrected chi connectivity index (χ4v) is 4.61.